The highest BCUT2D eigenvalue weighted by atomic mass is 32.2. The Balaban J connectivity index is 1.25. The lowest BCUT2D eigenvalue weighted by atomic mass is 10.1. The lowest BCUT2D eigenvalue weighted by Gasteiger charge is -2.11. The van der Waals surface area contributed by atoms with Crippen molar-refractivity contribution in [2.75, 3.05) is 0 Å². The fourth-order valence-electron chi connectivity index (χ4n) is 4.28. The van der Waals surface area contributed by atoms with Crippen LogP contribution < -0.4 is 5.32 Å². The van der Waals surface area contributed by atoms with Crippen molar-refractivity contribution >= 4 is 17.7 Å². The molecule has 0 saturated heterocycles. The highest BCUT2D eigenvalue weighted by molar-refractivity contribution is 7.98. The third-order valence-electron chi connectivity index (χ3n) is 6.49. The van der Waals surface area contributed by atoms with E-state index in [1.807, 2.05) is 37.3 Å². The number of carbonyl (C=O) groups is 1. The molecule has 4 aromatic carbocycles. The topological polar surface area (TPSA) is 59.8 Å². The second-order valence-corrected chi connectivity index (χ2v) is 10.5. The maximum Gasteiger partial charge on any atom is 0.416 e. The molecule has 5 rings (SSSR count). The average molecular weight is 573 g/mol. The second kappa shape index (κ2) is 12.4. The minimum absolute atomic E-state index is 0.000338. The number of aromatic nitrogens is 3. The number of hydrogen-bond donors (Lipinski definition) is 1. The first-order chi connectivity index (χ1) is 19.8. The van der Waals surface area contributed by atoms with E-state index in [1.165, 1.54) is 11.6 Å². The third kappa shape index (κ3) is 7.24. The number of rotatable bonds is 9. The molecule has 9 heteroatoms. The molecule has 0 unspecified atom stereocenters. The van der Waals surface area contributed by atoms with E-state index in [0.29, 0.717) is 23.3 Å². The first-order valence-electron chi connectivity index (χ1n) is 13.0. The van der Waals surface area contributed by atoms with E-state index in [9.17, 15) is 18.0 Å². The van der Waals surface area contributed by atoms with Gasteiger partial charge in [-0.25, -0.2) is 0 Å². The van der Waals surface area contributed by atoms with Gasteiger partial charge in [-0.2, -0.15) is 13.2 Å². The lowest BCUT2D eigenvalue weighted by molar-refractivity contribution is -0.137. The highest BCUT2D eigenvalue weighted by Crippen LogP contribution is 2.30. The number of aryl methyl sites for hydroxylation is 1. The summed E-state index contributed by atoms with van der Waals surface area (Å²) < 4.78 is 40.9. The van der Waals surface area contributed by atoms with Crippen LogP contribution in [0.1, 0.15) is 44.0 Å². The van der Waals surface area contributed by atoms with E-state index in [1.54, 1.807) is 30.0 Å². The molecule has 0 radical (unpaired) electrons. The van der Waals surface area contributed by atoms with Crippen molar-refractivity contribution in [1.82, 2.24) is 20.1 Å². The van der Waals surface area contributed by atoms with Crippen molar-refractivity contribution in [3.05, 3.63) is 142 Å². The summed E-state index contributed by atoms with van der Waals surface area (Å²) in [5, 5.41) is 12.4. The summed E-state index contributed by atoms with van der Waals surface area (Å²) in [5.74, 6) is 1.10. The van der Waals surface area contributed by atoms with Crippen LogP contribution in [0.15, 0.2) is 108 Å². The molecule has 1 heterocycles. The zero-order valence-corrected chi connectivity index (χ0v) is 23.0. The van der Waals surface area contributed by atoms with E-state index in [-0.39, 0.29) is 12.5 Å². The molecule has 0 fully saturated rings. The summed E-state index contributed by atoms with van der Waals surface area (Å²) >= 11 is 1.55. The maximum absolute atomic E-state index is 13.0. The van der Waals surface area contributed by atoms with Crippen molar-refractivity contribution in [1.29, 1.82) is 0 Å². The molecular formula is C32H27F3N4OS. The van der Waals surface area contributed by atoms with Gasteiger partial charge in [0.15, 0.2) is 5.16 Å². The number of nitrogens with one attached hydrogen (secondary N) is 1. The molecular weight excluding hydrogens is 545 g/mol. The van der Waals surface area contributed by atoms with E-state index in [0.717, 1.165) is 39.9 Å². The zero-order chi connectivity index (χ0) is 28.8. The number of nitrogens with zero attached hydrogens (tertiary/aromatic N) is 3. The van der Waals surface area contributed by atoms with Crippen LogP contribution in [0.25, 0.3) is 5.69 Å². The predicted octanol–water partition coefficient (Wildman–Crippen LogP) is 7.41. The summed E-state index contributed by atoms with van der Waals surface area (Å²) in [5.41, 5.74) is 4.36. The maximum atomic E-state index is 13.0. The van der Waals surface area contributed by atoms with Gasteiger partial charge in [-0.05, 0) is 60.0 Å². The summed E-state index contributed by atoms with van der Waals surface area (Å²) in [6.45, 7) is 2.05. The molecule has 0 atom stereocenters. The van der Waals surface area contributed by atoms with Crippen LogP contribution in [0.3, 0.4) is 0 Å². The Morgan fingerprint density at radius 1 is 0.829 bits per heavy atom. The molecule has 0 aliphatic rings. The van der Waals surface area contributed by atoms with Gasteiger partial charge in [-0.3, -0.25) is 9.36 Å². The number of benzene rings is 4. The van der Waals surface area contributed by atoms with Crippen molar-refractivity contribution in [3.8, 4) is 5.69 Å². The monoisotopic (exact) mass is 572 g/mol. The molecule has 208 valence electrons. The van der Waals surface area contributed by atoms with E-state index in [4.69, 9.17) is 0 Å². The van der Waals surface area contributed by atoms with E-state index in [2.05, 4.69) is 56.5 Å². The molecule has 5 nitrogen and oxygen atoms in total. The number of hydrogen-bond acceptors (Lipinski definition) is 4. The summed E-state index contributed by atoms with van der Waals surface area (Å²) in [7, 11) is 0. The Labute approximate surface area is 240 Å². The molecule has 41 heavy (non-hydrogen) atoms. The molecule has 5 aromatic rings. The van der Waals surface area contributed by atoms with Gasteiger partial charge in [-0.15, -0.1) is 10.2 Å². The van der Waals surface area contributed by atoms with Gasteiger partial charge in [-0.1, -0.05) is 84.1 Å². The second-order valence-electron chi connectivity index (χ2n) is 9.60. The van der Waals surface area contributed by atoms with Crippen molar-refractivity contribution in [3.63, 3.8) is 0 Å². The van der Waals surface area contributed by atoms with E-state index >= 15 is 0 Å². The van der Waals surface area contributed by atoms with Crippen LogP contribution in [0.4, 0.5) is 13.2 Å². The summed E-state index contributed by atoms with van der Waals surface area (Å²) in [4.78, 5) is 12.6. The fraction of sp³-hybridized carbons (Fsp3) is 0.156. The molecule has 0 spiro atoms. The number of carbonyl (C=O) groups excluding carboxylic acids is 1. The third-order valence-corrected chi connectivity index (χ3v) is 7.49. The van der Waals surface area contributed by atoms with Crippen LogP contribution in [-0.2, 0) is 24.9 Å². The van der Waals surface area contributed by atoms with Gasteiger partial charge in [0.25, 0.3) is 5.91 Å². The first-order valence-corrected chi connectivity index (χ1v) is 14.0. The Hall–Kier alpha value is -4.37. The van der Waals surface area contributed by atoms with E-state index < -0.39 is 11.7 Å². The first kappa shape index (κ1) is 28.2. The standard InChI is InChI=1S/C32H27F3N4OS/c1-22-10-16-28(17-11-22)39-29(19-23-6-3-2-4-7-23)37-38-31(39)41-21-24-12-14-26(15-13-24)30(40)36-20-25-8-5-9-27(18-25)32(33,34)35/h2-18H,19-21H2,1H3,(H,36,40). The largest absolute Gasteiger partial charge is 0.416 e. The normalized spacial score (nSPS) is 11.4. The molecule has 0 saturated carbocycles. The molecule has 1 aromatic heterocycles. The Bertz CT molecular complexity index is 1620. The molecule has 0 bridgehead atoms. The number of thioether (sulfide) groups is 1. The summed E-state index contributed by atoms with van der Waals surface area (Å²) in [6.07, 6.45) is -3.78. The van der Waals surface area contributed by atoms with Crippen LogP contribution >= 0.6 is 11.8 Å². The molecule has 1 amide bonds. The number of halogens is 3. The smallest absolute Gasteiger partial charge is 0.348 e. The van der Waals surface area contributed by atoms with Crippen molar-refractivity contribution in [2.45, 2.75) is 37.0 Å². The predicted molar refractivity (Wildman–Crippen MR) is 154 cm³/mol. The fourth-order valence-corrected chi connectivity index (χ4v) is 5.21. The van der Waals surface area contributed by atoms with Gasteiger partial charge in [0.05, 0.1) is 5.56 Å². The Morgan fingerprint density at radius 3 is 2.24 bits per heavy atom. The molecule has 1 N–H and O–H groups in total. The Morgan fingerprint density at radius 2 is 1.54 bits per heavy atom. The van der Waals surface area contributed by atoms with Crippen molar-refractivity contribution < 1.29 is 18.0 Å². The zero-order valence-electron chi connectivity index (χ0n) is 22.2. The number of alkyl halides is 3. The quantitative estimate of drug-likeness (QED) is 0.187. The highest BCUT2D eigenvalue weighted by Gasteiger charge is 2.30. The van der Waals surface area contributed by atoms with Gasteiger partial charge >= 0.3 is 6.18 Å². The van der Waals surface area contributed by atoms with Gasteiger partial charge in [0.2, 0.25) is 0 Å². The molecule has 0 aliphatic heterocycles. The van der Waals surface area contributed by atoms with Gasteiger partial charge in [0, 0.05) is 30.0 Å². The van der Waals surface area contributed by atoms with Crippen LogP contribution in [-0.4, -0.2) is 20.7 Å². The SMILES string of the molecule is Cc1ccc(-n2c(Cc3ccccc3)nnc2SCc2ccc(C(=O)NCc3cccc(C(F)(F)F)c3)cc2)cc1. The number of amides is 1. The minimum Gasteiger partial charge on any atom is -0.348 e. The molecule has 0 aliphatic carbocycles. The van der Waals surface area contributed by atoms with Gasteiger partial charge < -0.3 is 5.32 Å². The van der Waals surface area contributed by atoms with Gasteiger partial charge in [0.1, 0.15) is 5.82 Å². The lowest BCUT2D eigenvalue weighted by Crippen LogP contribution is -2.23. The van der Waals surface area contributed by atoms with Crippen LogP contribution in [0, 0.1) is 6.92 Å². The minimum atomic E-state index is -4.43. The Kier molecular flexibility index (Phi) is 8.54. The summed E-state index contributed by atoms with van der Waals surface area (Å²) in [6, 6.07) is 30.5. The average Bonchev–Trinajstić information content (AvgIpc) is 3.37. The van der Waals surface area contributed by atoms with Crippen LogP contribution in [0.5, 0.6) is 0 Å². The van der Waals surface area contributed by atoms with Crippen LogP contribution in [0.2, 0.25) is 0 Å². The van der Waals surface area contributed by atoms with Crippen molar-refractivity contribution in [2.24, 2.45) is 0 Å².